The number of carbonyl (C=O) groups is 1. The molecular weight excluding hydrogens is 114 g/mol. The van der Waals surface area contributed by atoms with Crippen molar-refractivity contribution in [1.29, 1.82) is 0 Å². The number of carbonyl (C=O) groups excluding carboxylic acids is 1. The normalized spacial score (nSPS) is 23.6. The third kappa shape index (κ3) is 1.56. The van der Waals surface area contributed by atoms with Crippen LogP contribution >= 0.6 is 0 Å². The maximum Gasteiger partial charge on any atom is 0.159 e. The van der Waals surface area contributed by atoms with Crippen LogP contribution in [0, 0.1) is 0 Å². The molecule has 0 aromatic carbocycles. The zero-order valence-electron chi connectivity index (χ0n) is 5.77. The van der Waals surface area contributed by atoms with Crippen LogP contribution in [-0.4, -0.2) is 11.3 Å². The molecule has 0 aromatic heterocycles. The molecule has 0 amide bonds. The van der Waals surface area contributed by atoms with E-state index in [0.29, 0.717) is 6.42 Å². The molecule has 1 N–H and O–H groups in total. The standard InChI is InChI=1S/C7H11NO/c1-7(2)5-6(9)3-4-8-7/h3-4,8H,5H2,1-2H3. The van der Waals surface area contributed by atoms with E-state index >= 15 is 0 Å². The highest BCUT2D eigenvalue weighted by atomic mass is 16.1. The van der Waals surface area contributed by atoms with Crippen LogP contribution in [0.25, 0.3) is 0 Å². The molecule has 2 nitrogen and oxygen atoms in total. The van der Waals surface area contributed by atoms with E-state index in [1.165, 1.54) is 0 Å². The Morgan fingerprint density at radius 3 is 2.67 bits per heavy atom. The highest BCUT2D eigenvalue weighted by Gasteiger charge is 2.21. The highest BCUT2D eigenvalue weighted by molar-refractivity contribution is 5.91. The molecule has 2 heteroatoms. The van der Waals surface area contributed by atoms with Crippen molar-refractivity contribution in [3.05, 3.63) is 12.3 Å². The Bertz CT molecular complexity index is 158. The number of hydrogen-bond donors (Lipinski definition) is 1. The van der Waals surface area contributed by atoms with Gasteiger partial charge in [-0.2, -0.15) is 0 Å². The van der Waals surface area contributed by atoms with E-state index in [0.717, 1.165) is 0 Å². The number of nitrogens with one attached hydrogen (secondary N) is 1. The summed E-state index contributed by atoms with van der Waals surface area (Å²) in [7, 11) is 0. The zero-order valence-corrected chi connectivity index (χ0v) is 5.77. The Labute approximate surface area is 54.9 Å². The molecule has 0 saturated heterocycles. The summed E-state index contributed by atoms with van der Waals surface area (Å²) in [5, 5.41) is 3.09. The Morgan fingerprint density at radius 2 is 2.33 bits per heavy atom. The third-order valence-electron chi connectivity index (χ3n) is 1.36. The van der Waals surface area contributed by atoms with Gasteiger partial charge in [-0.1, -0.05) is 0 Å². The van der Waals surface area contributed by atoms with Crippen molar-refractivity contribution in [2.45, 2.75) is 25.8 Å². The fourth-order valence-corrected chi connectivity index (χ4v) is 0.906. The van der Waals surface area contributed by atoms with Gasteiger partial charge in [-0.25, -0.2) is 0 Å². The van der Waals surface area contributed by atoms with Crippen molar-refractivity contribution < 1.29 is 4.79 Å². The molecule has 0 fully saturated rings. The lowest BCUT2D eigenvalue weighted by Gasteiger charge is -2.26. The van der Waals surface area contributed by atoms with Crippen LogP contribution in [0.15, 0.2) is 12.3 Å². The van der Waals surface area contributed by atoms with Crippen molar-refractivity contribution in [1.82, 2.24) is 5.32 Å². The molecule has 0 aliphatic carbocycles. The first-order valence-electron chi connectivity index (χ1n) is 3.07. The molecule has 9 heavy (non-hydrogen) atoms. The predicted molar refractivity (Wildman–Crippen MR) is 36.0 cm³/mol. The SMILES string of the molecule is CC1(C)CC(=O)C=CN1. The first-order valence-corrected chi connectivity index (χ1v) is 3.07. The minimum absolute atomic E-state index is 0.0359. The van der Waals surface area contributed by atoms with E-state index in [-0.39, 0.29) is 11.3 Å². The van der Waals surface area contributed by atoms with Gasteiger partial charge in [-0.05, 0) is 19.9 Å². The molecule has 50 valence electrons. The Hall–Kier alpha value is -0.790. The monoisotopic (exact) mass is 125 g/mol. The summed E-state index contributed by atoms with van der Waals surface area (Å²) >= 11 is 0. The summed E-state index contributed by atoms with van der Waals surface area (Å²) < 4.78 is 0. The highest BCUT2D eigenvalue weighted by Crippen LogP contribution is 2.12. The Balaban J connectivity index is 2.68. The fraction of sp³-hybridized carbons (Fsp3) is 0.571. The predicted octanol–water partition coefficient (Wildman–Crippen LogP) is 0.841. The molecule has 0 bridgehead atoms. The van der Waals surface area contributed by atoms with E-state index in [1.807, 2.05) is 13.8 Å². The molecule has 0 spiro atoms. The molecule has 1 aliphatic rings. The maximum absolute atomic E-state index is 10.8. The summed E-state index contributed by atoms with van der Waals surface area (Å²) in [5.41, 5.74) is -0.0359. The molecule has 1 rings (SSSR count). The minimum Gasteiger partial charge on any atom is -0.385 e. The second-order valence-corrected chi connectivity index (χ2v) is 3.00. The van der Waals surface area contributed by atoms with E-state index < -0.39 is 0 Å². The van der Waals surface area contributed by atoms with Crippen LogP contribution in [-0.2, 0) is 4.79 Å². The Kier molecular flexibility index (Phi) is 1.31. The van der Waals surface area contributed by atoms with Crippen LogP contribution in [0.4, 0.5) is 0 Å². The molecule has 1 heterocycles. The van der Waals surface area contributed by atoms with Crippen LogP contribution in [0.3, 0.4) is 0 Å². The van der Waals surface area contributed by atoms with Gasteiger partial charge >= 0.3 is 0 Å². The van der Waals surface area contributed by atoms with Gasteiger partial charge in [0.15, 0.2) is 5.78 Å². The minimum atomic E-state index is -0.0359. The van der Waals surface area contributed by atoms with Gasteiger partial charge in [-0.15, -0.1) is 0 Å². The topological polar surface area (TPSA) is 29.1 Å². The van der Waals surface area contributed by atoms with Gasteiger partial charge in [0, 0.05) is 18.2 Å². The van der Waals surface area contributed by atoms with Crippen molar-refractivity contribution in [2.75, 3.05) is 0 Å². The van der Waals surface area contributed by atoms with Gasteiger partial charge in [0.05, 0.1) is 0 Å². The van der Waals surface area contributed by atoms with Crippen molar-refractivity contribution in [2.24, 2.45) is 0 Å². The smallest absolute Gasteiger partial charge is 0.159 e. The summed E-state index contributed by atoms with van der Waals surface area (Å²) in [4.78, 5) is 10.8. The van der Waals surface area contributed by atoms with Gasteiger partial charge in [0.2, 0.25) is 0 Å². The second kappa shape index (κ2) is 1.87. The average molecular weight is 125 g/mol. The van der Waals surface area contributed by atoms with E-state index in [4.69, 9.17) is 0 Å². The maximum atomic E-state index is 10.8. The summed E-state index contributed by atoms with van der Waals surface area (Å²) in [5.74, 6) is 0.207. The van der Waals surface area contributed by atoms with Crippen LogP contribution < -0.4 is 5.32 Å². The number of allylic oxidation sites excluding steroid dienone is 1. The van der Waals surface area contributed by atoms with E-state index in [1.54, 1.807) is 12.3 Å². The molecule has 0 aromatic rings. The third-order valence-corrected chi connectivity index (χ3v) is 1.36. The number of hydrogen-bond acceptors (Lipinski definition) is 2. The lowest BCUT2D eigenvalue weighted by molar-refractivity contribution is -0.116. The summed E-state index contributed by atoms with van der Waals surface area (Å²) in [6.07, 6.45) is 3.89. The summed E-state index contributed by atoms with van der Waals surface area (Å²) in [6, 6.07) is 0. The second-order valence-electron chi connectivity index (χ2n) is 3.00. The average Bonchev–Trinajstić information content (AvgIpc) is 1.60. The van der Waals surface area contributed by atoms with Crippen molar-refractivity contribution in [3.8, 4) is 0 Å². The lowest BCUT2D eigenvalue weighted by atomic mass is 9.95. The van der Waals surface area contributed by atoms with Gasteiger partial charge in [0.1, 0.15) is 0 Å². The fourth-order valence-electron chi connectivity index (χ4n) is 0.906. The first kappa shape index (κ1) is 6.33. The van der Waals surface area contributed by atoms with E-state index in [2.05, 4.69) is 5.32 Å². The quantitative estimate of drug-likeness (QED) is 0.519. The molecule has 1 aliphatic heterocycles. The van der Waals surface area contributed by atoms with Crippen molar-refractivity contribution in [3.63, 3.8) is 0 Å². The Morgan fingerprint density at radius 1 is 1.67 bits per heavy atom. The van der Waals surface area contributed by atoms with Gasteiger partial charge < -0.3 is 5.32 Å². The van der Waals surface area contributed by atoms with E-state index in [9.17, 15) is 4.79 Å². The van der Waals surface area contributed by atoms with Gasteiger partial charge in [-0.3, -0.25) is 4.79 Å². The van der Waals surface area contributed by atoms with Crippen molar-refractivity contribution >= 4 is 5.78 Å². The molecule has 0 saturated carbocycles. The zero-order chi connectivity index (χ0) is 6.91. The van der Waals surface area contributed by atoms with Crippen LogP contribution in [0.1, 0.15) is 20.3 Å². The number of rotatable bonds is 0. The number of ketones is 1. The van der Waals surface area contributed by atoms with Crippen LogP contribution in [0.5, 0.6) is 0 Å². The largest absolute Gasteiger partial charge is 0.385 e. The molecule has 0 radical (unpaired) electrons. The van der Waals surface area contributed by atoms with Crippen LogP contribution in [0.2, 0.25) is 0 Å². The first-order chi connectivity index (χ1) is 4.10. The molecule has 0 unspecified atom stereocenters. The molecule has 0 atom stereocenters. The summed E-state index contributed by atoms with van der Waals surface area (Å²) in [6.45, 7) is 4.02. The van der Waals surface area contributed by atoms with Gasteiger partial charge in [0.25, 0.3) is 0 Å². The lowest BCUT2D eigenvalue weighted by Crippen LogP contribution is -2.40. The molecular formula is C7H11NO.